The lowest BCUT2D eigenvalue weighted by molar-refractivity contribution is -0.137. The Morgan fingerprint density at radius 1 is 1.13 bits per heavy atom. The second kappa shape index (κ2) is 11.0. The highest BCUT2D eigenvalue weighted by Gasteiger charge is 2.40. The fourth-order valence-corrected chi connectivity index (χ4v) is 5.39. The Bertz CT molecular complexity index is 1300. The molecule has 0 saturated carbocycles. The van der Waals surface area contributed by atoms with E-state index < -0.39 is 11.9 Å². The summed E-state index contributed by atoms with van der Waals surface area (Å²) in [5, 5.41) is 14.2. The van der Waals surface area contributed by atoms with E-state index in [0.29, 0.717) is 48.6 Å². The molecular weight excluding hydrogens is 486 g/mol. The van der Waals surface area contributed by atoms with Gasteiger partial charge < -0.3 is 15.0 Å². The number of fused-ring (bicyclic) bond motifs is 1. The lowest BCUT2D eigenvalue weighted by atomic mass is 10.0. The first-order chi connectivity index (χ1) is 18.4. The summed E-state index contributed by atoms with van der Waals surface area (Å²) in [7, 11) is 0. The number of nitrogens with one attached hydrogen (secondary N) is 2. The molecule has 0 spiro atoms. The first kappa shape index (κ1) is 25.4. The first-order valence-corrected chi connectivity index (χ1v) is 12.9. The number of amides is 4. The highest BCUT2D eigenvalue weighted by molar-refractivity contribution is 6.05. The van der Waals surface area contributed by atoms with Crippen LogP contribution >= 0.6 is 0 Å². The molecule has 10 nitrogen and oxygen atoms in total. The summed E-state index contributed by atoms with van der Waals surface area (Å²) in [6, 6.07) is 13.3. The van der Waals surface area contributed by atoms with E-state index in [-0.39, 0.29) is 36.7 Å². The van der Waals surface area contributed by atoms with Gasteiger partial charge in [-0.2, -0.15) is 5.26 Å². The van der Waals surface area contributed by atoms with E-state index in [9.17, 15) is 19.2 Å². The zero-order valence-corrected chi connectivity index (χ0v) is 20.9. The van der Waals surface area contributed by atoms with Gasteiger partial charge in [0, 0.05) is 29.8 Å². The molecule has 0 aromatic heterocycles. The van der Waals surface area contributed by atoms with Crippen LogP contribution in [0.5, 0.6) is 5.75 Å². The van der Waals surface area contributed by atoms with Crippen LogP contribution in [0, 0.1) is 11.3 Å². The van der Waals surface area contributed by atoms with Crippen molar-refractivity contribution in [2.24, 2.45) is 0 Å². The molecule has 2 fully saturated rings. The number of likely N-dealkylation sites (tertiary alicyclic amines) is 1. The molecule has 0 bridgehead atoms. The van der Waals surface area contributed by atoms with Crippen LogP contribution in [0.25, 0.3) is 0 Å². The van der Waals surface area contributed by atoms with Gasteiger partial charge in [0.15, 0.2) is 0 Å². The third kappa shape index (κ3) is 5.24. The number of hydrogen-bond donors (Lipinski definition) is 2. The molecule has 196 valence electrons. The summed E-state index contributed by atoms with van der Waals surface area (Å²) in [5.74, 6) is -0.420. The lowest BCUT2D eigenvalue weighted by Crippen LogP contribution is -2.52. The average Bonchev–Trinajstić information content (AvgIpc) is 3.52. The van der Waals surface area contributed by atoms with Gasteiger partial charge in [-0.15, -0.1) is 0 Å². The number of anilines is 1. The zero-order valence-electron chi connectivity index (χ0n) is 20.9. The molecule has 2 N–H and O–H groups in total. The largest absolute Gasteiger partial charge is 0.493 e. The smallest absolute Gasteiger partial charge is 0.255 e. The fraction of sp³-hybridized carbons (Fsp3) is 0.393. The van der Waals surface area contributed by atoms with Crippen LogP contribution in [-0.4, -0.2) is 65.2 Å². The van der Waals surface area contributed by atoms with E-state index in [1.807, 2.05) is 6.07 Å². The van der Waals surface area contributed by atoms with Gasteiger partial charge in [0.25, 0.3) is 5.91 Å². The molecule has 0 aliphatic carbocycles. The fourth-order valence-electron chi connectivity index (χ4n) is 5.39. The molecule has 3 aliphatic rings. The number of nitrogens with zero attached hydrogens (tertiary/aromatic N) is 3. The highest BCUT2D eigenvalue weighted by Crippen LogP contribution is 2.33. The maximum atomic E-state index is 13.0. The summed E-state index contributed by atoms with van der Waals surface area (Å²) in [4.78, 5) is 53.3. The maximum Gasteiger partial charge on any atom is 0.255 e. The molecule has 2 atom stereocenters. The average molecular weight is 516 g/mol. The third-order valence-electron chi connectivity index (χ3n) is 7.33. The van der Waals surface area contributed by atoms with Crippen molar-refractivity contribution in [1.29, 1.82) is 5.26 Å². The van der Waals surface area contributed by atoms with E-state index in [2.05, 4.69) is 21.6 Å². The van der Waals surface area contributed by atoms with Crippen molar-refractivity contribution >= 4 is 29.3 Å². The van der Waals surface area contributed by atoms with Crippen molar-refractivity contribution in [3.05, 3.63) is 59.2 Å². The standard InChI is InChI=1S/C28H29N5O5/c29-16-18-7-9-19(10-8-18)30-26(35)22-5-2-13-32(22)14-3-15-38-24-6-1-4-20-21(24)17-33(28(20)37)23-11-12-25(34)31-27(23)36/h1,4,6-10,22-23H,2-3,5,11-15,17H2,(H,30,35)(H,31,34,36)/t22-,23?/m1/s1. The topological polar surface area (TPSA) is 132 Å². The zero-order chi connectivity index (χ0) is 26.6. The second-order valence-electron chi connectivity index (χ2n) is 9.76. The summed E-state index contributed by atoms with van der Waals surface area (Å²) in [6.45, 7) is 2.22. The van der Waals surface area contributed by atoms with E-state index in [4.69, 9.17) is 10.00 Å². The molecule has 10 heteroatoms. The van der Waals surface area contributed by atoms with Gasteiger partial charge in [-0.25, -0.2) is 0 Å². The molecule has 1 unspecified atom stereocenters. The Morgan fingerprint density at radius 2 is 1.95 bits per heavy atom. The van der Waals surface area contributed by atoms with Gasteiger partial charge in [0.1, 0.15) is 11.8 Å². The van der Waals surface area contributed by atoms with Gasteiger partial charge in [-0.3, -0.25) is 29.4 Å². The Balaban J connectivity index is 1.14. The second-order valence-corrected chi connectivity index (χ2v) is 9.76. The van der Waals surface area contributed by atoms with E-state index in [0.717, 1.165) is 24.9 Å². The summed E-state index contributed by atoms with van der Waals surface area (Å²) >= 11 is 0. The van der Waals surface area contributed by atoms with Crippen LogP contribution in [0.3, 0.4) is 0 Å². The molecule has 4 amide bonds. The van der Waals surface area contributed by atoms with Gasteiger partial charge in [-0.1, -0.05) is 6.07 Å². The molecule has 2 saturated heterocycles. The normalized spacial score (nSPS) is 21.1. The molecule has 2 aromatic carbocycles. The molecular formula is C28H29N5O5. The Hall–Kier alpha value is -4.23. The number of benzene rings is 2. The third-order valence-corrected chi connectivity index (χ3v) is 7.33. The molecule has 5 rings (SSSR count). The summed E-state index contributed by atoms with van der Waals surface area (Å²) in [6.07, 6.45) is 2.96. The van der Waals surface area contributed by atoms with Crippen molar-refractivity contribution in [3.8, 4) is 11.8 Å². The molecule has 2 aromatic rings. The molecule has 0 radical (unpaired) electrons. The highest BCUT2D eigenvalue weighted by atomic mass is 16.5. The monoisotopic (exact) mass is 515 g/mol. The van der Waals surface area contributed by atoms with Gasteiger partial charge in [-0.05, 0) is 68.6 Å². The predicted octanol–water partition coefficient (Wildman–Crippen LogP) is 2.19. The summed E-state index contributed by atoms with van der Waals surface area (Å²) in [5.41, 5.74) is 2.49. The van der Waals surface area contributed by atoms with Crippen molar-refractivity contribution < 1.29 is 23.9 Å². The van der Waals surface area contributed by atoms with Crippen LogP contribution in [0.2, 0.25) is 0 Å². The van der Waals surface area contributed by atoms with Crippen LogP contribution < -0.4 is 15.4 Å². The van der Waals surface area contributed by atoms with Crippen molar-refractivity contribution in [2.75, 3.05) is 25.0 Å². The minimum atomic E-state index is -0.664. The van der Waals surface area contributed by atoms with Crippen LogP contribution in [0.4, 0.5) is 5.69 Å². The van der Waals surface area contributed by atoms with Crippen LogP contribution in [0.15, 0.2) is 42.5 Å². The Morgan fingerprint density at radius 3 is 2.71 bits per heavy atom. The number of rotatable bonds is 8. The minimum Gasteiger partial charge on any atom is -0.493 e. The molecule has 3 heterocycles. The maximum absolute atomic E-state index is 13.0. The molecule has 38 heavy (non-hydrogen) atoms. The van der Waals surface area contributed by atoms with Crippen molar-refractivity contribution in [1.82, 2.24) is 15.1 Å². The number of piperidine rings is 1. The Kier molecular flexibility index (Phi) is 7.38. The SMILES string of the molecule is N#Cc1ccc(NC(=O)[C@H]2CCCN2CCCOc2cccc3c2CN(C2CCC(=O)NC2=O)C3=O)cc1. The van der Waals surface area contributed by atoms with Crippen molar-refractivity contribution in [3.63, 3.8) is 0 Å². The van der Waals surface area contributed by atoms with Crippen molar-refractivity contribution in [2.45, 2.75) is 50.7 Å². The van der Waals surface area contributed by atoms with Crippen LogP contribution in [0.1, 0.15) is 53.6 Å². The van der Waals surface area contributed by atoms with Gasteiger partial charge >= 0.3 is 0 Å². The predicted molar refractivity (Wildman–Crippen MR) is 137 cm³/mol. The lowest BCUT2D eigenvalue weighted by Gasteiger charge is -2.29. The number of ether oxygens (including phenoxy) is 1. The summed E-state index contributed by atoms with van der Waals surface area (Å²) < 4.78 is 6.06. The number of hydrogen-bond acceptors (Lipinski definition) is 7. The Labute approximate surface area is 220 Å². The number of carbonyl (C=O) groups is 4. The number of nitriles is 1. The van der Waals surface area contributed by atoms with E-state index >= 15 is 0 Å². The first-order valence-electron chi connectivity index (χ1n) is 12.9. The van der Waals surface area contributed by atoms with Gasteiger partial charge in [0.2, 0.25) is 17.7 Å². The minimum absolute atomic E-state index is 0.0546. The van der Waals surface area contributed by atoms with E-state index in [1.165, 1.54) is 4.90 Å². The quantitative estimate of drug-likeness (QED) is 0.407. The number of carbonyl (C=O) groups excluding carboxylic acids is 4. The van der Waals surface area contributed by atoms with E-state index in [1.54, 1.807) is 36.4 Å². The van der Waals surface area contributed by atoms with Crippen LogP contribution in [-0.2, 0) is 20.9 Å². The molecule has 3 aliphatic heterocycles. The number of imide groups is 1. The van der Waals surface area contributed by atoms with Gasteiger partial charge in [0.05, 0.1) is 30.8 Å².